The molecular formula is C14H18N4O3S. The number of hydrogen-bond donors (Lipinski definition) is 0. The second-order valence-electron chi connectivity index (χ2n) is 5.59. The summed E-state index contributed by atoms with van der Waals surface area (Å²) in [5.74, 6) is 1.51. The fourth-order valence-electron chi connectivity index (χ4n) is 2.60. The summed E-state index contributed by atoms with van der Waals surface area (Å²) >= 11 is 0. The van der Waals surface area contributed by atoms with Crippen LogP contribution in [0.5, 0.6) is 0 Å². The van der Waals surface area contributed by atoms with Crippen LogP contribution in [0.15, 0.2) is 15.8 Å². The standard InChI is InChI=1S/C14H18N4O3S/c1-9-13(16-10(2)21-9)8-18-5-4-12-11(7-18)6-15-14(17-12)22(3,19)20/h6H,4-5,7-8H2,1-3H3. The first-order valence-electron chi connectivity index (χ1n) is 7.03. The highest BCUT2D eigenvalue weighted by atomic mass is 32.2. The zero-order chi connectivity index (χ0) is 15.9. The molecule has 0 atom stereocenters. The van der Waals surface area contributed by atoms with E-state index in [2.05, 4.69) is 19.9 Å². The molecule has 118 valence electrons. The third-order valence-electron chi connectivity index (χ3n) is 3.70. The van der Waals surface area contributed by atoms with Gasteiger partial charge in [0, 0.05) is 51.0 Å². The number of oxazole rings is 1. The molecule has 2 aromatic heterocycles. The Hall–Kier alpha value is -1.80. The topological polar surface area (TPSA) is 89.2 Å². The summed E-state index contributed by atoms with van der Waals surface area (Å²) < 4.78 is 28.5. The Labute approximate surface area is 129 Å². The first kappa shape index (κ1) is 15.1. The lowest BCUT2D eigenvalue weighted by molar-refractivity contribution is 0.238. The van der Waals surface area contributed by atoms with Crippen molar-refractivity contribution in [3.05, 3.63) is 34.8 Å². The van der Waals surface area contributed by atoms with E-state index < -0.39 is 9.84 Å². The number of nitrogens with zero attached hydrogens (tertiary/aromatic N) is 4. The Morgan fingerprint density at radius 3 is 2.73 bits per heavy atom. The van der Waals surface area contributed by atoms with Crippen molar-refractivity contribution in [1.29, 1.82) is 0 Å². The fourth-order valence-corrected chi connectivity index (χ4v) is 3.12. The number of sulfone groups is 1. The van der Waals surface area contributed by atoms with E-state index in [-0.39, 0.29) is 5.16 Å². The van der Waals surface area contributed by atoms with Gasteiger partial charge < -0.3 is 4.42 Å². The maximum absolute atomic E-state index is 11.5. The highest BCUT2D eigenvalue weighted by molar-refractivity contribution is 7.90. The lowest BCUT2D eigenvalue weighted by Gasteiger charge is -2.27. The van der Waals surface area contributed by atoms with E-state index in [1.807, 2.05) is 13.8 Å². The van der Waals surface area contributed by atoms with E-state index in [1.165, 1.54) is 0 Å². The summed E-state index contributed by atoms with van der Waals surface area (Å²) in [6.07, 6.45) is 3.45. The number of fused-ring (bicyclic) bond motifs is 1. The molecular weight excluding hydrogens is 304 g/mol. The van der Waals surface area contributed by atoms with E-state index in [0.717, 1.165) is 35.5 Å². The van der Waals surface area contributed by atoms with Gasteiger partial charge in [0.2, 0.25) is 15.0 Å². The summed E-state index contributed by atoms with van der Waals surface area (Å²) in [6.45, 7) is 5.94. The van der Waals surface area contributed by atoms with Crippen molar-refractivity contribution in [1.82, 2.24) is 19.9 Å². The summed E-state index contributed by atoms with van der Waals surface area (Å²) in [5, 5.41) is -0.0947. The van der Waals surface area contributed by atoms with Gasteiger partial charge in [0.05, 0.1) is 11.4 Å². The molecule has 22 heavy (non-hydrogen) atoms. The number of rotatable bonds is 3. The Balaban J connectivity index is 1.78. The lowest BCUT2D eigenvalue weighted by Crippen LogP contribution is -2.31. The molecule has 0 aromatic carbocycles. The number of aryl methyl sites for hydroxylation is 2. The maximum atomic E-state index is 11.5. The van der Waals surface area contributed by atoms with Gasteiger partial charge in [-0.15, -0.1) is 0 Å². The van der Waals surface area contributed by atoms with Crippen LogP contribution in [-0.2, 0) is 29.3 Å². The van der Waals surface area contributed by atoms with Gasteiger partial charge in [-0.2, -0.15) is 0 Å². The molecule has 3 rings (SSSR count). The van der Waals surface area contributed by atoms with Crippen molar-refractivity contribution in [3.63, 3.8) is 0 Å². The van der Waals surface area contributed by atoms with Crippen LogP contribution in [0.3, 0.4) is 0 Å². The van der Waals surface area contributed by atoms with Gasteiger partial charge in [-0.25, -0.2) is 23.4 Å². The molecule has 0 saturated heterocycles. The largest absolute Gasteiger partial charge is 0.446 e. The van der Waals surface area contributed by atoms with Gasteiger partial charge in [-0.05, 0) is 6.92 Å². The number of aromatic nitrogens is 3. The first-order valence-corrected chi connectivity index (χ1v) is 8.92. The van der Waals surface area contributed by atoms with E-state index in [0.29, 0.717) is 25.4 Å². The van der Waals surface area contributed by atoms with Crippen molar-refractivity contribution in [2.45, 2.75) is 38.5 Å². The molecule has 0 bridgehead atoms. The molecule has 2 aromatic rings. The average molecular weight is 322 g/mol. The van der Waals surface area contributed by atoms with E-state index in [9.17, 15) is 8.42 Å². The van der Waals surface area contributed by atoms with E-state index in [1.54, 1.807) is 6.20 Å². The minimum Gasteiger partial charge on any atom is -0.446 e. The molecule has 0 aliphatic carbocycles. The highest BCUT2D eigenvalue weighted by Crippen LogP contribution is 2.20. The third-order valence-corrected chi connectivity index (χ3v) is 4.56. The maximum Gasteiger partial charge on any atom is 0.246 e. The Bertz CT molecular complexity index is 813. The second-order valence-corrected chi connectivity index (χ2v) is 7.50. The number of hydrogen-bond acceptors (Lipinski definition) is 7. The van der Waals surface area contributed by atoms with Crippen LogP contribution in [0.2, 0.25) is 0 Å². The molecule has 0 fully saturated rings. The molecule has 0 spiro atoms. The van der Waals surface area contributed by atoms with Crippen molar-refractivity contribution in [3.8, 4) is 0 Å². The van der Waals surface area contributed by atoms with Crippen LogP contribution < -0.4 is 0 Å². The van der Waals surface area contributed by atoms with E-state index in [4.69, 9.17) is 4.42 Å². The molecule has 1 aliphatic rings. The van der Waals surface area contributed by atoms with E-state index >= 15 is 0 Å². The van der Waals surface area contributed by atoms with Crippen molar-refractivity contribution in [2.24, 2.45) is 0 Å². The molecule has 8 heteroatoms. The van der Waals surface area contributed by atoms with Gasteiger partial charge in [-0.1, -0.05) is 0 Å². The van der Waals surface area contributed by atoms with Crippen molar-refractivity contribution in [2.75, 3.05) is 12.8 Å². The van der Waals surface area contributed by atoms with Gasteiger partial charge >= 0.3 is 0 Å². The van der Waals surface area contributed by atoms with Crippen molar-refractivity contribution < 1.29 is 12.8 Å². The van der Waals surface area contributed by atoms with Crippen LogP contribution >= 0.6 is 0 Å². The lowest BCUT2D eigenvalue weighted by atomic mass is 10.1. The molecule has 7 nitrogen and oxygen atoms in total. The van der Waals surface area contributed by atoms with Gasteiger partial charge in [0.1, 0.15) is 5.76 Å². The zero-order valence-electron chi connectivity index (χ0n) is 12.8. The van der Waals surface area contributed by atoms with Crippen LogP contribution in [0.25, 0.3) is 0 Å². The molecule has 0 saturated carbocycles. The predicted molar refractivity (Wildman–Crippen MR) is 78.9 cm³/mol. The van der Waals surface area contributed by atoms with Crippen LogP contribution in [-0.4, -0.2) is 41.1 Å². The summed E-state index contributed by atoms with van der Waals surface area (Å²) in [6, 6.07) is 0. The van der Waals surface area contributed by atoms with Crippen LogP contribution in [0.1, 0.15) is 28.6 Å². The zero-order valence-corrected chi connectivity index (χ0v) is 13.6. The van der Waals surface area contributed by atoms with Gasteiger partial charge in [0.25, 0.3) is 0 Å². The smallest absolute Gasteiger partial charge is 0.246 e. The van der Waals surface area contributed by atoms with Gasteiger partial charge in [0.15, 0.2) is 5.89 Å². The SMILES string of the molecule is Cc1nc(CN2CCc3nc(S(C)(=O)=O)ncc3C2)c(C)o1. The molecule has 3 heterocycles. The van der Waals surface area contributed by atoms with Crippen LogP contribution in [0.4, 0.5) is 0 Å². The molecule has 1 aliphatic heterocycles. The Morgan fingerprint density at radius 2 is 2.09 bits per heavy atom. The minimum atomic E-state index is -3.36. The molecule has 0 radical (unpaired) electrons. The Kier molecular flexibility index (Phi) is 3.73. The average Bonchev–Trinajstić information content (AvgIpc) is 2.75. The van der Waals surface area contributed by atoms with Crippen LogP contribution in [0, 0.1) is 13.8 Å². The summed E-state index contributed by atoms with van der Waals surface area (Å²) in [5.41, 5.74) is 2.73. The third kappa shape index (κ3) is 3.02. The molecule has 0 amide bonds. The Morgan fingerprint density at radius 1 is 1.32 bits per heavy atom. The summed E-state index contributed by atoms with van der Waals surface area (Å²) in [4.78, 5) is 14.8. The molecule has 0 unspecified atom stereocenters. The first-order chi connectivity index (χ1) is 10.3. The van der Waals surface area contributed by atoms with Gasteiger partial charge in [-0.3, -0.25) is 4.90 Å². The normalized spacial score (nSPS) is 15.8. The summed E-state index contributed by atoms with van der Waals surface area (Å²) in [7, 11) is -3.36. The fraction of sp³-hybridized carbons (Fsp3) is 0.500. The highest BCUT2D eigenvalue weighted by Gasteiger charge is 2.22. The minimum absolute atomic E-state index is 0.0947. The second kappa shape index (κ2) is 5.44. The predicted octanol–water partition coefficient (Wildman–Crippen LogP) is 1.04. The molecule has 0 N–H and O–H groups in total. The monoisotopic (exact) mass is 322 g/mol. The van der Waals surface area contributed by atoms with Crippen molar-refractivity contribution >= 4 is 9.84 Å². The quantitative estimate of drug-likeness (QED) is 0.780.